The van der Waals surface area contributed by atoms with Gasteiger partial charge in [0.1, 0.15) is 6.61 Å². The predicted octanol–water partition coefficient (Wildman–Crippen LogP) is 5.30. The normalized spacial score (nSPS) is 16.8. The average Bonchev–Trinajstić information content (AvgIpc) is 2.72. The van der Waals surface area contributed by atoms with Crippen LogP contribution in [0.5, 0.6) is 0 Å². The number of ether oxygens (including phenoxy) is 1. The quantitative estimate of drug-likeness (QED) is 0.163. The second-order valence-electron chi connectivity index (χ2n) is 8.55. The first kappa shape index (κ1) is 27.2. The van der Waals surface area contributed by atoms with Crippen molar-refractivity contribution in [1.29, 1.82) is 0 Å². The highest BCUT2D eigenvalue weighted by atomic mass is 32.2. The van der Waals surface area contributed by atoms with E-state index in [2.05, 4.69) is 24.0 Å². The highest BCUT2D eigenvalue weighted by molar-refractivity contribution is 7.91. The van der Waals surface area contributed by atoms with E-state index >= 15 is 0 Å². The Bertz CT molecular complexity index is 546. The Balaban J connectivity index is 1.82. The molecule has 1 saturated heterocycles. The molecule has 1 fully saturated rings. The number of nitrogens with zero attached hydrogens (tertiary/aromatic N) is 1. The van der Waals surface area contributed by atoms with Gasteiger partial charge in [0.2, 0.25) is 0 Å². The zero-order valence-corrected chi connectivity index (χ0v) is 20.1. The fourth-order valence-corrected chi connectivity index (χ4v) is 4.95. The molecule has 0 radical (unpaired) electrons. The van der Waals surface area contributed by atoms with Crippen LogP contribution in [0.3, 0.4) is 0 Å². The number of carbonyl (C=O) groups excluding carboxylic acids is 1. The van der Waals surface area contributed by atoms with Crippen LogP contribution in [0.4, 0.5) is 0 Å². The number of esters is 1. The molecule has 0 spiro atoms. The summed E-state index contributed by atoms with van der Waals surface area (Å²) in [6, 6.07) is 0. The van der Waals surface area contributed by atoms with Crippen LogP contribution in [0.2, 0.25) is 0 Å². The van der Waals surface area contributed by atoms with Crippen molar-refractivity contribution >= 4 is 15.8 Å². The minimum absolute atomic E-state index is 0.128. The Hall–Kier alpha value is -0.880. The van der Waals surface area contributed by atoms with Gasteiger partial charge in [-0.25, -0.2) is 8.42 Å². The van der Waals surface area contributed by atoms with Gasteiger partial charge in [-0.1, -0.05) is 70.4 Å². The molecule has 0 aliphatic carbocycles. The second kappa shape index (κ2) is 17.8. The van der Waals surface area contributed by atoms with E-state index in [1.165, 1.54) is 70.6 Å². The first-order valence-electron chi connectivity index (χ1n) is 12.3. The van der Waals surface area contributed by atoms with Gasteiger partial charge in [0.15, 0.2) is 9.84 Å². The van der Waals surface area contributed by atoms with Crippen LogP contribution in [-0.4, -0.2) is 57.0 Å². The maximum atomic E-state index is 11.8. The number of rotatable bonds is 18. The van der Waals surface area contributed by atoms with E-state index in [9.17, 15) is 13.2 Å². The summed E-state index contributed by atoms with van der Waals surface area (Å²) in [6.07, 6.45) is 21.4. The lowest BCUT2D eigenvalue weighted by Crippen LogP contribution is -2.41. The van der Waals surface area contributed by atoms with Crippen molar-refractivity contribution in [2.45, 2.75) is 96.8 Å². The van der Waals surface area contributed by atoms with Crippen molar-refractivity contribution in [3.8, 4) is 0 Å². The molecular formula is C24H45NO4S. The van der Waals surface area contributed by atoms with Crippen LogP contribution < -0.4 is 0 Å². The molecule has 0 amide bonds. The minimum atomic E-state index is -2.84. The molecule has 5 nitrogen and oxygen atoms in total. The number of carbonyl (C=O) groups is 1. The molecule has 0 aromatic rings. The van der Waals surface area contributed by atoms with Gasteiger partial charge in [-0.2, -0.15) is 0 Å². The zero-order chi connectivity index (χ0) is 21.9. The summed E-state index contributed by atoms with van der Waals surface area (Å²) < 4.78 is 28.0. The van der Waals surface area contributed by atoms with Crippen LogP contribution >= 0.6 is 0 Å². The maximum absolute atomic E-state index is 11.8. The molecule has 1 heterocycles. The van der Waals surface area contributed by atoms with Crippen LogP contribution in [-0.2, 0) is 19.4 Å². The van der Waals surface area contributed by atoms with Crippen molar-refractivity contribution in [3.63, 3.8) is 0 Å². The standard InChI is InChI=1S/C24H45NO4S/c1-2-3-4-5-6-7-8-9-10-11-12-13-14-15-16-17-24(26)29-21-18-25-19-22-30(27,28)23-20-25/h9-10H,2-8,11-23H2,1H3/b10-9-. The Morgan fingerprint density at radius 2 is 1.37 bits per heavy atom. The van der Waals surface area contributed by atoms with E-state index < -0.39 is 9.84 Å². The average molecular weight is 444 g/mol. The lowest BCUT2D eigenvalue weighted by molar-refractivity contribution is -0.144. The number of allylic oxidation sites excluding steroid dienone is 2. The van der Waals surface area contributed by atoms with Crippen LogP contribution in [0, 0.1) is 0 Å². The summed E-state index contributed by atoms with van der Waals surface area (Å²) in [6.45, 7) is 4.36. The first-order valence-corrected chi connectivity index (χ1v) is 14.1. The fraction of sp³-hybridized carbons (Fsp3) is 0.875. The Kier molecular flexibility index (Phi) is 16.1. The van der Waals surface area contributed by atoms with Crippen molar-refractivity contribution in [2.75, 3.05) is 37.7 Å². The van der Waals surface area contributed by atoms with Gasteiger partial charge < -0.3 is 4.74 Å². The van der Waals surface area contributed by atoms with Gasteiger partial charge in [0, 0.05) is 26.1 Å². The van der Waals surface area contributed by atoms with Gasteiger partial charge >= 0.3 is 5.97 Å². The predicted molar refractivity (Wildman–Crippen MR) is 126 cm³/mol. The smallest absolute Gasteiger partial charge is 0.305 e. The topological polar surface area (TPSA) is 63.7 Å². The summed E-state index contributed by atoms with van der Waals surface area (Å²) in [5.74, 6) is 0.309. The van der Waals surface area contributed by atoms with Crippen molar-refractivity contribution < 1.29 is 17.9 Å². The van der Waals surface area contributed by atoms with E-state index in [0.29, 0.717) is 32.7 Å². The summed E-state index contributed by atoms with van der Waals surface area (Å²) in [4.78, 5) is 13.8. The molecule has 0 aromatic carbocycles. The van der Waals surface area contributed by atoms with Crippen molar-refractivity contribution in [2.24, 2.45) is 0 Å². The van der Waals surface area contributed by atoms with Crippen molar-refractivity contribution in [3.05, 3.63) is 12.2 Å². The first-order chi connectivity index (χ1) is 14.5. The molecule has 6 heteroatoms. The molecule has 176 valence electrons. The molecule has 0 N–H and O–H groups in total. The molecule has 1 rings (SSSR count). The van der Waals surface area contributed by atoms with Crippen LogP contribution in [0.15, 0.2) is 12.2 Å². The third-order valence-electron chi connectivity index (χ3n) is 5.75. The number of unbranched alkanes of at least 4 members (excludes halogenated alkanes) is 11. The molecule has 0 saturated carbocycles. The number of hydrogen-bond donors (Lipinski definition) is 0. The Labute approximate surface area is 185 Å². The SMILES string of the molecule is CCCCCCCC/C=C\CCCCCCCC(=O)OCCN1CCS(=O)(=O)CC1. The summed E-state index contributed by atoms with van der Waals surface area (Å²) in [7, 11) is -2.84. The summed E-state index contributed by atoms with van der Waals surface area (Å²) in [5.41, 5.74) is 0. The van der Waals surface area contributed by atoms with Crippen LogP contribution in [0.25, 0.3) is 0 Å². The molecule has 0 atom stereocenters. The lowest BCUT2D eigenvalue weighted by atomic mass is 10.1. The van der Waals surface area contributed by atoms with E-state index in [1.54, 1.807) is 0 Å². The zero-order valence-electron chi connectivity index (χ0n) is 19.3. The van der Waals surface area contributed by atoms with E-state index in [0.717, 1.165) is 12.8 Å². The fourth-order valence-electron chi connectivity index (χ4n) is 3.67. The Morgan fingerprint density at radius 1 is 0.833 bits per heavy atom. The molecule has 0 unspecified atom stereocenters. The second-order valence-corrected chi connectivity index (χ2v) is 10.9. The molecule has 0 bridgehead atoms. The largest absolute Gasteiger partial charge is 0.464 e. The van der Waals surface area contributed by atoms with Crippen molar-refractivity contribution in [1.82, 2.24) is 4.90 Å². The van der Waals surface area contributed by atoms with E-state index in [-0.39, 0.29) is 17.5 Å². The third kappa shape index (κ3) is 15.9. The highest BCUT2D eigenvalue weighted by Gasteiger charge is 2.21. The molecule has 0 aromatic heterocycles. The van der Waals surface area contributed by atoms with Gasteiger partial charge in [-0.05, 0) is 32.1 Å². The molecular weight excluding hydrogens is 398 g/mol. The number of sulfone groups is 1. The maximum Gasteiger partial charge on any atom is 0.305 e. The summed E-state index contributed by atoms with van der Waals surface area (Å²) in [5, 5.41) is 0. The molecule has 30 heavy (non-hydrogen) atoms. The minimum Gasteiger partial charge on any atom is -0.464 e. The van der Waals surface area contributed by atoms with Crippen LogP contribution in [0.1, 0.15) is 96.8 Å². The molecule has 1 aliphatic heterocycles. The van der Waals surface area contributed by atoms with Gasteiger partial charge in [-0.15, -0.1) is 0 Å². The Morgan fingerprint density at radius 3 is 1.97 bits per heavy atom. The summed E-state index contributed by atoms with van der Waals surface area (Å²) >= 11 is 0. The third-order valence-corrected chi connectivity index (χ3v) is 7.36. The monoisotopic (exact) mass is 443 g/mol. The lowest BCUT2D eigenvalue weighted by Gasteiger charge is -2.26. The van der Waals surface area contributed by atoms with E-state index in [4.69, 9.17) is 4.74 Å². The number of hydrogen-bond acceptors (Lipinski definition) is 5. The van der Waals surface area contributed by atoms with Gasteiger partial charge in [0.05, 0.1) is 11.5 Å². The van der Waals surface area contributed by atoms with Gasteiger partial charge in [0.25, 0.3) is 0 Å². The van der Waals surface area contributed by atoms with E-state index in [1.807, 2.05) is 0 Å². The van der Waals surface area contributed by atoms with Gasteiger partial charge in [-0.3, -0.25) is 9.69 Å². The highest BCUT2D eigenvalue weighted by Crippen LogP contribution is 2.10. The molecule has 1 aliphatic rings.